The number of anilines is 1. The van der Waals surface area contributed by atoms with Gasteiger partial charge in [0.25, 0.3) is 15.9 Å². The molecule has 4 aromatic rings. The number of carbonyl (C=O) groups is 1. The number of hydrogen-bond acceptors (Lipinski definition) is 4. The zero-order chi connectivity index (χ0) is 27.4. The Labute approximate surface area is 224 Å². The third-order valence-electron chi connectivity index (χ3n) is 6.55. The van der Waals surface area contributed by atoms with Gasteiger partial charge in [-0.1, -0.05) is 42.0 Å². The van der Waals surface area contributed by atoms with Crippen molar-refractivity contribution in [3.8, 4) is 5.69 Å². The van der Waals surface area contributed by atoms with Gasteiger partial charge in [0.15, 0.2) is 0 Å². The van der Waals surface area contributed by atoms with Crippen molar-refractivity contribution in [1.29, 1.82) is 0 Å². The minimum Gasteiger partial charge on any atom is -0.318 e. The first-order valence-corrected chi connectivity index (χ1v) is 13.7. The van der Waals surface area contributed by atoms with Crippen LogP contribution in [0.4, 0.5) is 5.69 Å². The lowest BCUT2D eigenvalue weighted by Gasteiger charge is -2.24. The van der Waals surface area contributed by atoms with E-state index in [4.69, 9.17) is 0 Å². The molecule has 196 valence electrons. The lowest BCUT2D eigenvalue weighted by Crippen LogP contribution is -2.39. The maximum Gasteiger partial charge on any atom is 0.264 e. The summed E-state index contributed by atoms with van der Waals surface area (Å²) in [6.07, 6.45) is 1.58. The molecule has 7 nitrogen and oxygen atoms in total. The largest absolute Gasteiger partial charge is 0.318 e. The summed E-state index contributed by atoms with van der Waals surface area (Å²) in [4.78, 5) is 13.0. The van der Waals surface area contributed by atoms with E-state index < -0.39 is 22.5 Å². The summed E-state index contributed by atoms with van der Waals surface area (Å²) in [5.41, 5.74) is 9.97. The number of sulfonamides is 1. The van der Waals surface area contributed by atoms with Crippen LogP contribution in [0.2, 0.25) is 0 Å². The van der Waals surface area contributed by atoms with Crippen LogP contribution in [-0.4, -0.2) is 31.7 Å². The highest BCUT2D eigenvalue weighted by atomic mass is 32.2. The number of amides is 1. The quantitative estimate of drug-likeness (QED) is 0.247. The summed E-state index contributed by atoms with van der Waals surface area (Å²) in [5.74, 6) is -0.550. The Bertz CT molecular complexity index is 1590. The standard InChI is InChI=1S/C30H32N4O3S/c1-21-11-14-27(15-12-21)34-24(4)18-26(25(34)5)19-31-32-30(35)20-33(28-16-13-22(2)23(3)17-28)38(36,37)29-9-7-6-8-10-29/h6-19H,20H2,1-5H3,(H,32,35)/b31-19-. The Morgan fingerprint density at radius 2 is 1.58 bits per heavy atom. The second kappa shape index (κ2) is 11.1. The maximum absolute atomic E-state index is 13.5. The van der Waals surface area contributed by atoms with Gasteiger partial charge in [-0.15, -0.1) is 0 Å². The third-order valence-corrected chi connectivity index (χ3v) is 8.34. The first kappa shape index (κ1) is 26.9. The Kier molecular flexibility index (Phi) is 7.83. The van der Waals surface area contributed by atoms with Crippen LogP contribution >= 0.6 is 0 Å². The molecule has 0 spiro atoms. The first-order valence-electron chi connectivity index (χ1n) is 12.3. The van der Waals surface area contributed by atoms with Crippen molar-refractivity contribution in [2.45, 2.75) is 39.5 Å². The normalized spacial score (nSPS) is 11.6. The second-order valence-electron chi connectivity index (χ2n) is 9.38. The first-order chi connectivity index (χ1) is 18.1. The molecular formula is C30H32N4O3S. The van der Waals surface area contributed by atoms with Crippen LogP contribution in [0.5, 0.6) is 0 Å². The van der Waals surface area contributed by atoms with Crippen LogP contribution < -0.4 is 9.73 Å². The summed E-state index contributed by atoms with van der Waals surface area (Å²) in [6.45, 7) is 9.49. The predicted octanol–water partition coefficient (Wildman–Crippen LogP) is 5.37. The molecule has 1 aromatic heterocycles. The maximum atomic E-state index is 13.5. The van der Waals surface area contributed by atoms with E-state index in [0.717, 1.165) is 38.1 Å². The Hall–Kier alpha value is -4.17. The number of aromatic nitrogens is 1. The predicted molar refractivity (Wildman–Crippen MR) is 153 cm³/mol. The van der Waals surface area contributed by atoms with E-state index in [2.05, 4.69) is 39.4 Å². The minimum atomic E-state index is -3.98. The molecule has 8 heteroatoms. The fraction of sp³-hybridized carbons (Fsp3) is 0.200. The summed E-state index contributed by atoms with van der Waals surface area (Å²) in [7, 11) is -3.98. The highest BCUT2D eigenvalue weighted by Gasteiger charge is 2.27. The molecule has 1 N–H and O–H groups in total. The molecule has 0 unspecified atom stereocenters. The molecule has 0 saturated carbocycles. The molecule has 0 atom stereocenters. The molecule has 0 bridgehead atoms. The monoisotopic (exact) mass is 528 g/mol. The Balaban J connectivity index is 1.56. The number of rotatable bonds is 8. The lowest BCUT2D eigenvalue weighted by molar-refractivity contribution is -0.119. The summed E-state index contributed by atoms with van der Waals surface area (Å²) in [6, 6.07) is 23.7. The highest BCUT2D eigenvalue weighted by molar-refractivity contribution is 7.92. The van der Waals surface area contributed by atoms with Crippen LogP contribution in [0.25, 0.3) is 5.69 Å². The van der Waals surface area contributed by atoms with Gasteiger partial charge in [-0.3, -0.25) is 9.10 Å². The van der Waals surface area contributed by atoms with E-state index in [1.807, 2.05) is 46.8 Å². The fourth-order valence-electron chi connectivity index (χ4n) is 4.26. The van der Waals surface area contributed by atoms with E-state index in [1.54, 1.807) is 36.5 Å². The highest BCUT2D eigenvalue weighted by Crippen LogP contribution is 2.26. The van der Waals surface area contributed by atoms with E-state index in [9.17, 15) is 13.2 Å². The van der Waals surface area contributed by atoms with Gasteiger partial charge in [0, 0.05) is 22.6 Å². The van der Waals surface area contributed by atoms with Crippen LogP contribution in [0.15, 0.2) is 88.9 Å². The zero-order valence-electron chi connectivity index (χ0n) is 22.3. The molecule has 1 heterocycles. The molecule has 4 rings (SSSR count). The van der Waals surface area contributed by atoms with E-state index in [-0.39, 0.29) is 4.90 Å². The average molecular weight is 529 g/mol. The van der Waals surface area contributed by atoms with Crippen LogP contribution in [0.1, 0.15) is 33.6 Å². The molecular weight excluding hydrogens is 496 g/mol. The van der Waals surface area contributed by atoms with Gasteiger partial charge in [0.2, 0.25) is 0 Å². The Morgan fingerprint density at radius 1 is 0.895 bits per heavy atom. The van der Waals surface area contributed by atoms with Crippen LogP contribution in [0, 0.1) is 34.6 Å². The number of carbonyl (C=O) groups excluding carboxylic acids is 1. The summed E-state index contributed by atoms with van der Waals surface area (Å²) < 4.78 is 30.2. The van der Waals surface area contributed by atoms with Gasteiger partial charge in [0.05, 0.1) is 16.8 Å². The molecule has 3 aromatic carbocycles. The minimum absolute atomic E-state index is 0.109. The fourth-order valence-corrected chi connectivity index (χ4v) is 5.70. The van der Waals surface area contributed by atoms with Gasteiger partial charge in [-0.05, 0) is 88.2 Å². The van der Waals surface area contributed by atoms with Crippen molar-refractivity contribution in [2.24, 2.45) is 5.10 Å². The number of benzene rings is 3. The van der Waals surface area contributed by atoms with Gasteiger partial charge in [-0.2, -0.15) is 5.10 Å². The number of hydrogen-bond donors (Lipinski definition) is 1. The van der Waals surface area contributed by atoms with E-state index in [1.165, 1.54) is 17.7 Å². The van der Waals surface area contributed by atoms with Crippen LogP contribution in [-0.2, 0) is 14.8 Å². The van der Waals surface area contributed by atoms with Gasteiger partial charge in [0.1, 0.15) is 6.54 Å². The van der Waals surface area contributed by atoms with Crippen molar-refractivity contribution >= 4 is 27.8 Å². The second-order valence-corrected chi connectivity index (χ2v) is 11.2. The number of aryl methyl sites for hydroxylation is 4. The number of nitrogens with zero attached hydrogens (tertiary/aromatic N) is 3. The van der Waals surface area contributed by atoms with Gasteiger partial charge in [-0.25, -0.2) is 13.8 Å². The number of nitrogens with one attached hydrogen (secondary N) is 1. The summed E-state index contributed by atoms with van der Waals surface area (Å²) in [5, 5.41) is 4.14. The molecule has 0 aliphatic rings. The molecule has 0 fully saturated rings. The van der Waals surface area contributed by atoms with E-state index >= 15 is 0 Å². The third kappa shape index (κ3) is 5.70. The van der Waals surface area contributed by atoms with Crippen molar-refractivity contribution in [2.75, 3.05) is 10.8 Å². The topological polar surface area (TPSA) is 83.8 Å². The van der Waals surface area contributed by atoms with Gasteiger partial charge < -0.3 is 4.57 Å². The zero-order valence-corrected chi connectivity index (χ0v) is 23.1. The SMILES string of the molecule is Cc1ccc(-n2c(C)cc(/C=N\NC(=O)CN(c3ccc(C)c(C)c3)S(=O)(=O)c3ccccc3)c2C)cc1. The van der Waals surface area contributed by atoms with Crippen molar-refractivity contribution in [3.05, 3.63) is 113 Å². The molecule has 0 saturated heterocycles. The van der Waals surface area contributed by atoms with Crippen LogP contribution in [0.3, 0.4) is 0 Å². The molecule has 0 aliphatic carbocycles. The van der Waals surface area contributed by atoms with Crippen molar-refractivity contribution < 1.29 is 13.2 Å². The average Bonchev–Trinajstić information content (AvgIpc) is 3.18. The molecule has 1 amide bonds. The van der Waals surface area contributed by atoms with Gasteiger partial charge >= 0.3 is 0 Å². The lowest BCUT2D eigenvalue weighted by atomic mass is 10.1. The van der Waals surface area contributed by atoms with E-state index in [0.29, 0.717) is 5.69 Å². The Morgan fingerprint density at radius 3 is 2.24 bits per heavy atom. The summed E-state index contributed by atoms with van der Waals surface area (Å²) >= 11 is 0. The van der Waals surface area contributed by atoms with Crippen molar-refractivity contribution in [1.82, 2.24) is 9.99 Å². The molecule has 0 radical (unpaired) electrons. The molecule has 38 heavy (non-hydrogen) atoms. The van der Waals surface area contributed by atoms with Crippen molar-refractivity contribution in [3.63, 3.8) is 0 Å². The number of hydrazone groups is 1. The molecule has 0 aliphatic heterocycles. The smallest absolute Gasteiger partial charge is 0.264 e.